The maximum Gasteiger partial charge on any atom is 0.244 e. The van der Waals surface area contributed by atoms with Crippen molar-refractivity contribution in [3.63, 3.8) is 0 Å². The van der Waals surface area contributed by atoms with Crippen molar-refractivity contribution < 1.29 is 13.2 Å². The fraction of sp³-hybridized carbons (Fsp3) is 0.269. The van der Waals surface area contributed by atoms with E-state index in [0.29, 0.717) is 34.9 Å². The van der Waals surface area contributed by atoms with Crippen molar-refractivity contribution in [1.29, 1.82) is 0 Å². The minimum absolute atomic E-state index is 0.0649. The number of carbonyl (C=O) groups excluding carboxylic acids is 1. The second-order valence-corrected chi connectivity index (χ2v) is 12.5. The normalized spacial score (nSPS) is 16.8. The summed E-state index contributed by atoms with van der Waals surface area (Å²) in [5.74, 6) is -0.289. The van der Waals surface area contributed by atoms with E-state index in [4.69, 9.17) is 0 Å². The van der Waals surface area contributed by atoms with Crippen LogP contribution in [0.3, 0.4) is 0 Å². The van der Waals surface area contributed by atoms with Crippen LogP contribution in [-0.4, -0.2) is 38.3 Å². The lowest BCUT2D eigenvalue weighted by Crippen LogP contribution is -2.41. The zero-order valence-corrected chi connectivity index (χ0v) is 22.9. The second-order valence-electron chi connectivity index (χ2n) is 8.82. The molecule has 1 saturated heterocycles. The number of carbonyl (C=O) groups is 1. The zero-order valence-electron chi connectivity index (χ0n) is 19.0. The quantitative estimate of drug-likeness (QED) is 0.384. The van der Waals surface area contributed by atoms with E-state index in [1.807, 2.05) is 24.3 Å². The number of fused-ring (bicyclic) bond motifs is 1. The van der Waals surface area contributed by atoms with Crippen molar-refractivity contribution in [2.75, 3.05) is 29.9 Å². The van der Waals surface area contributed by atoms with Crippen LogP contribution in [0, 0.1) is 5.92 Å². The lowest BCUT2D eigenvalue weighted by molar-refractivity contribution is -0.120. The summed E-state index contributed by atoms with van der Waals surface area (Å²) in [4.78, 5) is 15.4. The summed E-state index contributed by atoms with van der Waals surface area (Å²) in [6, 6.07) is 21.4. The molecule has 0 atom stereocenters. The lowest BCUT2D eigenvalue weighted by Gasteiger charge is -2.31. The summed E-state index contributed by atoms with van der Waals surface area (Å²) in [5.41, 5.74) is 4.44. The fourth-order valence-electron chi connectivity index (χ4n) is 4.75. The number of halogens is 2. The highest BCUT2D eigenvalue weighted by atomic mass is 79.9. The van der Waals surface area contributed by atoms with Crippen molar-refractivity contribution in [1.82, 2.24) is 4.31 Å². The van der Waals surface area contributed by atoms with Crippen LogP contribution >= 0.6 is 31.9 Å². The van der Waals surface area contributed by atoms with Crippen molar-refractivity contribution in [2.45, 2.75) is 24.2 Å². The van der Waals surface area contributed by atoms with E-state index in [1.54, 1.807) is 18.2 Å². The molecule has 0 aromatic heterocycles. The number of nitrogens with zero attached hydrogens (tertiary/aromatic N) is 2. The number of benzene rings is 3. The Morgan fingerprint density at radius 1 is 0.914 bits per heavy atom. The molecule has 2 aliphatic rings. The second kappa shape index (κ2) is 10.0. The van der Waals surface area contributed by atoms with Gasteiger partial charge in [-0.25, -0.2) is 8.42 Å². The molecule has 182 valence electrons. The number of rotatable bonds is 5. The highest BCUT2D eigenvalue weighted by Crippen LogP contribution is 2.35. The molecule has 1 amide bonds. The molecule has 1 N–H and O–H groups in total. The molecule has 3 aromatic carbocycles. The van der Waals surface area contributed by atoms with Gasteiger partial charge in [0.2, 0.25) is 15.9 Å². The molecule has 0 aliphatic carbocycles. The molecular formula is C26H25Br2N3O3S. The first-order chi connectivity index (χ1) is 16.8. The Morgan fingerprint density at radius 2 is 1.63 bits per heavy atom. The van der Waals surface area contributed by atoms with Crippen molar-refractivity contribution in [3.8, 4) is 0 Å². The van der Waals surface area contributed by atoms with Gasteiger partial charge < -0.3 is 10.2 Å². The van der Waals surface area contributed by atoms with Crippen LogP contribution in [-0.2, 0) is 21.2 Å². The largest absolute Gasteiger partial charge is 0.341 e. The molecule has 6 nitrogen and oxygen atoms in total. The number of para-hydroxylation sites is 1. The fourth-order valence-corrected chi connectivity index (χ4v) is 7.68. The number of amides is 1. The molecule has 0 unspecified atom stereocenters. The first-order valence-corrected chi connectivity index (χ1v) is 14.6. The third kappa shape index (κ3) is 5.05. The van der Waals surface area contributed by atoms with Gasteiger partial charge in [0.1, 0.15) is 0 Å². The molecule has 35 heavy (non-hydrogen) atoms. The van der Waals surface area contributed by atoms with Gasteiger partial charge in [0.05, 0.1) is 4.90 Å². The zero-order chi connectivity index (χ0) is 24.6. The van der Waals surface area contributed by atoms with Gasteiger partial charge in [-0.05, 0) is 89.3 Å². The third-order valence-electron chi connectivity index (χ3n) is 6.67. The molecule has 9 heteroatoms. The van der Waals surface area contributed by atoms with Crippen LogP contribution < -0.4 is 10.2 Å². The highest BCUT2D eigenvalue weighted by Gasteiger charge is 2.33. The maximum absolute atomic E-state index is 13.1. The van der Waals surface area contributed by atoms with Gasteiger partial charge >= 0.3 is 0 Å². The molecule has 0 spiro atoms. The van der Waals surface area contributed by atoms with Crippen molar-refractivity contribution in [2.24, 2.45) is 5.92 Å². The number of sulfonamides is 1. The molecule has 1 fully saturated rings. The summed E-state index contributed by atoms with van der Waals surface area (Å²) in [7, 11) is -3.64. The predicted molar refractivity (Wildman–Crippen MR) is 146 cm³/mol. The topological polar surface area (TPSA) is 69.7 Å². The maximum atomic E-state index is 13.1. The van der Waals surface area contributed by atoms with Crippen LogP contribution in [0.1, 0.15) is 18.4 Å². The van der Waals surface area contributed by atoms with Gasteiger partial charge in [-0.1, -0.05) is 34.1 Å². The molecule has 0 saturated carbocycles. The molecule has 0 radical (unpaired) electrons. The number of nitrogens with one attached hydrogen (secondary N) is 1. The van der Waals surface area contributed by atoms with E-state index < -0.39 is 10.0 Å². The molecule has 5 rings (SSSR count). The standard InChI is InChI=1S/C26H25Br2N3O3S/c27-20-5-10-23(28)25(17-20)35(33,34)30-14-11-19(12-15-30)26(32)29-21-6-8-22(9-7-21)31-16-13-18-3-1-2-4-24(18)31/h1-10,17,19H,11-16H2,(H,29,32). The number of piperidine rings is 1. The molecule has 2 aliphatic heterocycles. The lowest BCUT2D eigenvalue weighted by atomic mass is 9.97. The number of anilines is 3. The van der Waals surface area contributed by atoms with Gasteiger partial charge in [0, 0.05) is 51.6 Å². The Kier molecular flexibility index (Phi) is 7.03. The summed E-state index contributed by atoms with van der Waals surface area (Å²) in [6.07, 6.45) is 2.00. The summed E-state index contributed by atoms with van der Waals surface area (Å²) in [5, 5.41) is 3.01. The van der Waals surface area contributed by atoms with E-state index in [1.165, 1.54) is 15.6 Å². The van der Waals surface area contributed by atoms with Gasteiger partial charge in [-0.2, -0.15) is 4.31 Å². The Balaban J connectivity index is 1.19. The SMILES string of the molecule is O=C(Nc1ccc(N2CCc3ccccc32)cc1)C1CCN(S(=O)(=O)c2cc(Br)ccc2Br)CC1. The minimum atomic E-state index is -3.64. The van der Waals surface area contributed by atoms with Crippen LogP contribution in [0.4, 0.5) is 17.1 Å². The van der Waals surface area contributed by atoms with Gasteiger partial charge in [-0.3, -0.25) is 4.79 Å². The predicted octanol–water partition coefficient (Wildman–Crippen LogP) is 5.95. The first kappa shape index (κ1) is 24.5. The van der Waals surface area contributed by atoms with Crippen LogP contribution in [0.15, 0.2) is 80.6 Å². The molecule has 3 aromatic rings. The average Bonchev–Trinajstić information content (AvgIpc) is 3.30. The minimum Gasteiger partial charge on any atom is -0.341 e. The van der Waals surface area contributed by atoms with E-state index >= 15 is 0 Å². The van der Waals surface area contributed by atoms with Gasteiger partial charge in [0.15, 0.2) is 0 Å². The van der Waals surface area contributed by atoms with E-state index in [0.717, 1.165) is 24.3 Å². The molecule has 2 heterocycles. The van der Waals surface area contributed by atoms with E-state index in [-0.39, 0.29) is 16.7 Å². The number of hydrogen-bond donors (Lipinski definition) is 1. The molecule has 0 bridgehead atoms. The van der Waals surface area contributed by atoms with Gasteiger partial charge in [-0.15, -0.1) is 0 Å². The Labute approximate surface area is 222 Å². The van der Waals surface area contributed by atoms with E-state index in [2.05, 4.69) is 66.3 Å². The van der Waals surface area contributed by atoms with Gasteiger partial charge in [0.25, 0.3) is 0 Å². The molecular weight excluding hydrogens is 594 g/mol. The highest BCUT2D eigenvalue weighted by molar-refractivity contribution is 9.11. The van der Waals surface area contributed by atoms with Crippen LogP contribution in [0.2, 0.25) is 0 Å². The summed E-state index contributed by atoms with van der Waals surface area (Å²) >= 11 is 6.69. The Bertz CT molecular complexity index is 1350. The van der Waals surface area contributed by atoms with E-state index in [9.17, 15) is 13.2 Å². The Hall–Kier alpha value is -2.20. The smallest absolute Gasteiger partial charge is 0.244 e. The summed E-state index contributed by atoms with van der Waals surface area (Å²) < 4.78 is 28.9. The average molecular weight is 619 g/mol. The first-order valence-electron chi connectivity index (χ1n) is 11.5. The summed E-state index contributed by atoms with van der Waals surface area (Å²) in [6.45, 7) is 1.57. The van der Waals surface area contributed by atoms with Crippen molar-refractivity contribution in [3.05, 3.63) is 81.2 Å². The third-order valence-corrected chi connectivity index (χ3v) is 10.1. The van der Waals surface area contributed by atoms with Crippen molar-refractivity contribution >= 4 is 64.9 Å². The van der Waals surface area contributed by atoms with Crippen LogP contribution in [0.5, 0.6) is 0 Å². The number of hydrogen-bond acceptors (Lipinski definition) is 4. The van der Waals surface area contributed by atoms with Crippen LogP contribution in [0.25, 0.3) is 0 Å². The monoisotopic (exact) mass is 617 g/mol. The Morgan fingerprint density at radius 3 is 2.37 bits per heavy atom.